The van der Waals surface area contributed by atoms with Crippen molar-refractivity contribution in [2.75, 3.05) is 0 Å². The van der Waals surface area contributed by atoms with Crippen LogP contribution in [0.15, 0.2) is 36.4 Å². The summed E-state index contributed by atoms with van der Waals surface area (Å²) in [4.78, 5) is 0. The maximum atomic E-state index is 6.27. The van der Waals surface area contributed by atoms with Gasteiger partial charge in [0.2, 0.25) is 0 Å². The van der Waals surface area contributed by atoms with Crippen LogP contribution in [0.4, 0.5) is 0 Å². The molecule has 0 bridgehead atoms. The van der Waals surface area contributed by atoms with Crippen molar-refractivity contribution in [1.82, 2.24) is 0 Å². The monoisotopic (exact) mass is 264 g/mol. The molecule has 0 aromatic heterocycles. The van der Waals surface area contributed by atoms with Crippen molar-refractivity contribution in [3.63, 3.8) is 0 Å². The first-order valence-electron chi connectivity index (χ1n) is 5.54. The third-order valence-corrected chi connectivity index (χ3v) is 3.72. The van der Waals surface area contributed by atoms with Crippen molar-refractivity contribution in [3.05, 3.63) is 58.1 Å². The molecule has 17 heavy (non-hydrogen) atoms. The van der Waals surface area contributed by atoms with Crippen LogP contribution in [0.5, 0.6) is 0 Å². The van der Waals surface area contributed by atoms with Gasteiger partial charge in [-0.1, -0.05) is 35.9 Å². The maximum Gasteiger partial charge on any atom is 0.0484 e. The highest BCUT2D eigenvalue weighted by atomic mass is 35.5. The summed E-state index contributed by atoms with van der Waals surface area (Å²) in [5, 5.41) is 0.771. The van der Waals surface area contributed by atoms with Gasteiger partial charge in [-0.15, -0.1) is 11.6 Å². The molecule has 0 fully saturated rings. The molecule has 0 unspecified atom stereocenters. The molecule has 0 aliphatic carbocycles. The van der Waals surface area contributed by atoms with Gasteiger partial charge < -0.3 is 0 Å². The van der Waals surface area contributed by atoms with Crippen molar-refractivity contribution in [2.24, 2.45) is 0 Å². The fraction of sp³-hybridized carbons (Fsp3) is 0.200. The molecule has 0 spiro atoms. The molecule has 0 atom stereocenters. The number of rotatable bonds is 2. The molecule has 0 heterocycles. The second kappa shape index (κ2) is 5.12. The quantitative estimate of drug-likeness (QED) is 0.641. The zero-order chi connectivity index (χ0) is 12.4. The first-order valence-corrected chi connectivity index (χ1v) is 6.45. The largest absolute Gasteiger partial charge is 0.122 e. The van der Waals surface area contributed by atoms with Gasteiger partial charge in [0.25, 0.3) is 0 Å². The van der Waals surface area contributed by atoms with E-state index in [2.05, 4.69) is 38.1 Å². The Balaban J connectivity index is 2.63. The summed E-state index contributed by atoms with van der Waals surface area (Å²) < 4.78 is 0. The summed E-state index contributed by atoms with van der Waals surface area (Å²) in [6.07, 6.45) is 0. The van der Waals surface area contributed by atoms with Gasteiger partial charge in [-0.3, -0.25) is 0 Å². The van der Waals surface area contributed by atoms with Crippen LogP contribution >= 0.6 is 23.2 Å². The Morgan fingerprint density at radius 2 is 1.76 bits per heavy atom. The Kier molecular flexibility index (Phi) is 3.76. The number of aryl methyl sites for hydroxylation is 1. The molecule has 0 saturated heterocycles. The Labute approximate surface area is 112 Å². The predicted molar refractivity (Wildman–Crippen MR) is 75.9 cm³/mol. The number of halogens is 2. The smallest absolute Gasteiger partial charge is 0.0484 e. The van der Waals surface area contributed by atoms with Gasteiger partial charge in [-0.2, -0.15) is 0 Å². The zero-order valence-electron chi connectivity index (χ0n) is 9.93. The van der Waals surface area contributed by atoms with Crippen molar-refractivity contribution in [3.8, 4) is 11.1 Å². The average molecular weight is 265 g/mol. The Hall–Kier alpha value is -0.980. The summed E-state index contributed by atoms with van der Waals surface area (Å²) in [6.45, 7) is 4.23. The third-order valence-electron chi connectivity index (χ3n) is 3.08. The lowest BCUT2D eigenvalue weighted by molar-refractivity contribution is 1.33. The van der Waals surface area contributed by atoms with Crippen LogP contribution in [0, 0.1) is 13.8 Å². The van der Waals surface area contributed by atoms with Crippen molar-refractivity contribution in [2.45, 2.75) is 19.7 Å². The average Bonchev–Trinajstić information content (AvgIpc) is 2.34. The van der Waals surface area contributed by atoms with E-state index in [0.29, 0.717) is 5.88 Å². The number of hydrogen-bond acceptors (Lipinski definition) is 0. The highest BCUT2D eigenvalue weighted by molar-refractivity contribution is 6.33. The summed E-state index contributed by atoms with van der Waals surface area (Å²) in [5.74, 6) is 0.509. The van der Waals surface area contributed by atoms with E-state index in [1.807, 2.05) is 12.1 Å². The second-order valence-corrected chi connectivity index (χ2v) is 4.87. The molecule has 2 heteroatoms. The molecular weight excluding hydrogens is 251 g/mol. The van der Waals surface area contributed by atoms with Gasteiger partial charge in [0.1, 0.15) is 0 Å². The van der Waals surface area contributed by atoms with Crippen LogP contribution in [-0.4, -0.2) is 0 Å². The van der Waals surface area contributed by atoms with E-state index in [9.17, 15) is 0 Å². The van der Waals surface area contributed by atoms with Crippen molar-refractivity contribution >= 4 is 23.2 Å². The first-order chi connectivity index (χ1) is 8.13. The molecule has 0 amide bonds. The molecule has 0 aliphatic rings. The van der Waals surface area contributed by atoms with Gasteiger partial charge in [0.15, 0.2) is 0 Å². The minimum Gasteiger partial charge on any atom is -0.122 e. The number of hydrogen-bond donors (Lipinski definition) is 0. The molecule has 0 N–H and O–H groups in total. The van der Waals surface area contributed by atoms with E-state index in [4.69, 9.17) is 23.2 Å². The van der Waals surface area contributed by atoms with Crippen LogP contribution in [0.2, 0.25) is 5.02 Å². The molecule has 2 rings (SSSR count). The SMILES string of the molecule is Cc1cccc(-c2cc(CCl)ccc2Cl)c1C. The normalized spacial score (nSPS) is 10.6. The van der Waals surface area contributed by atoms with Crippen molar-refractivity contribution < 1.29 is 0 Å². The first kappa shape index (κ1) is 12.5. The second-order valence-electron chi connectivity index (χ2n) is 4.20. The van der Waals surface area contributed by atoms with E-state index in [1.165, 1.54) is 16.7 Å². The van der Waals surface area contributed by atoms with Gasteiger partial charge in [0, 0.05) is 16.5 Å². The van der Waals surface area contributed by atoms with E-state index >= 15 is 0 Å². The standard InChI is InChI=1S/C15H14Cl2/c1-10-4-3-5-13(11(10)2)14-8-12(9-16)6-7-15(14)17/h3-8H,9H2,1-2H3. The molecule has 0 radical (unpaired) electrons. The Morgan fingerprint density at radius 1 is 1.00 bits per heavy atom. The minimum atomic E-state index is 0.509. The van der Waals surface area contributed by atoms with Crippen LogP contribution in [0.1, 0.15) is 16.7 Å². The lowest BCUT2D eigenvalue weighted by Crippen LogP contribution is -1.89. The highest BCUT2D eigenvalue weighted by Crippen LogP contribution is 2.32. The summed E-state index contributed by atoms with van der Waals surface area (Å²) in [6, 6.07) is 12.2. The molecule has 88 valence electrons. The molecule has 2 aromatic carbocycles. The fourth-order valence-corrected chi connectivity index (χ4v) is 2.29. The summed E-state index contributed by atoms with van der Waals surface area (Å²) in [5.41, 5.74) is 5.87. The Morgan fingerprint density at radius 3 is 2.47 bits per heavy atom. The molecule has 0 saturated carbocycles. The van der Waals surface area contributed by atoms with Gasteiger partial charge in [-0.25, -0.2) is 0 Å². The lowest BCUT2D eigenvalue weighted by atomic mass is 9.96. The predicted octanol–water partition coefficient (Wildman–Crippen LogP) is 5.36. The van der Waals surface area contributed by atoms with Crippen molar-refractivity contribution in [1.29, 1.82) is 0 Å². The van der Waals surface area contributed by atoms with Gasteiger partial charge in [0.05, 0.1) is 0 Å². The molecule has 0 nitrogen and oxygen atoms in total. The van der Waals surface area contributed by atoms with Gasteiger partial charge in [-0.05, 0) is 48.2 Å². The zero-order valence-corrected chi connectivity index (χ0v) is 11.4. The van der Waals surface area contributed by atoms with Gasteiger partial charge >= 0.3 is 0 Å². The number of benzene rings is 2. The van der Waals surface area contributed by atoms with Crippen LogP contribution < -0.4 is 0 Å². The van der Waals surface area contributed by atoms with E-state index < -0.39 is 0 Å². The van der Waals surface area contributed by atoms with E-state index in [1.54, 1.807) is 0 Å². The topological polar surface area (TPSA) is 0 Å². The molecular formula is C15H14Cl2. The number of alkyl halides is 1. The van der Waals surface area contributed by atoms with Crippen LogP contribution in [0.3, 0.4) is 0 Å². The maximum absolute atomic E-state index is 6.27. The summed E-state index contributed by atoms with van der Waals surface area (Å²) >= 11 is 12.1. The minimum absolute atomic E-state index is 0.509. The molecule has 2 aromatic rings. The summed E-state index contributed by atoms with van der Waals surface area (Å²) in [7, 11) is 0. The van der Waals surface area contributed by atoms with Crippen LogP contribution in [0.25, 0.3) is 11.1 Å². The lowest BCUT2D eigenvalue weighted by Gasteiger charge is -2.11. The highest BCUT2D eigenvalue weighted by Gasteiger charge is 2.08. The molecule has 0 aliphatic heterocycles. The third kappa shape index (κ3) is 2.48. The van der Waals surface area contributed by atoms with E-state index in [0.717, 1.165) is 16.1 Å². The van der Waals surface area contributed by atoms with E-state index in [-0.39, 0.29) is 0 Å². The van der Waals surface area contributed by atoms with Crippen LogP contribution in [-0.2, 0) is 5.88 Å². The Bertz CT molecular complexity index is 545. The fourth-order valence-electron chi connectivity index (χ4n) is 1.90.